The lowest BCUT2D eigenvalue weighted by Crippen LogP contribution is -2.46. The number of carbonyl (C=O) groups excluding carboxylic acids is 4. The average molecular weight is 337 g/mol. The van der Waals surface area contributed by atoms with Crippen LogP contribution in [0.4, 0.5) is 0 Å². The second-order valence-electron chi connectivity index (χ2n) is 6.66. The first kappa shape index (κ1) is 18.4. The standard InChI is InChI=1S/C17H27N3O4/c1-3-9-18-15(22)11(2)19-14(21)8-10-20-16(23)12-6-4-5-7-13(12)17(20)24/h11-13H,3-10H2,1-2H3,(H,18,22)(H,19,21)/t11-,12-,13+/m1/s1. The summed E-state index contributed by atoms with van der Waals surface area (Å²) in [6.07, 6.45) is 4.37. The molecule has 4 amide bonds. The highest BCUT2D eigenvalue weighted by Crippen LogP contribution is 2.37. The van der Waals surface area contributed by atoms with Gasteiger partial charge in [0.05, 0.1) is 11.8 Å². The number of amides is 4. The molecule has 2 aliphatic rings. The predicted octanol–water partition coefficient (Wildman–Crippen LogP) is 0.583. The summed E-state index contributed by atoms with van der Waals surface area (Å²) in [5.41, 5.74) is 0. The van der Waals surface area contributed by atoms with Crippen LogP contribution < -0.4 is 10.6 Å². The van der Waals surface area contributed by atoms with E-state index in [0.29, 0.717) is 6.54 Å². The molecule has 24 heavy (non-hydrogen) atoms. The quantitative estimate of drug-likeness (QED) is 0.664. The normalized spacial score (nSPS) is 24.5. The van der Waals surface area contributed by atoms with Crippen LogP contribution in [0.15, 0.2) is 0 Å². The summed E-state index contributed by atoms with van der Waals surface area (Å²) in [7, 11) is 0. The molecule has 0 aromatic rings. The predicted molar refractivity (Wildman–Crippen MR) is 87.7 cm³/mol. The SMILES string of the molecule is CCCNC(=O)[C@@H](C)NC(=O)CCN1C(=O)[C@H]2CCCC[C@H]2C1=O. The van der Waals surface area contributed by atoms with Crippen LogP contribution in [0.1, 0.15) is 52.4 Å². The number of hydrogen-bond donors (Lipinski definition) is 2. The Bertz CT molecular complexity index is 496. The summed E-state index contributed by atoms with van der Waals surface area (Å²) in [6.45, 7) is 4.23. The molecule has 1 aliphatic heterocycles. The molecule has 0 spiro atoms. The van der Waals surface area contributed by atoms with Crippen LogP contribution in [0.3, 0.4) is 0 Å². The van der Waals surface area contributed by atoms with Crippen LogP contribution in [0, 0.1) is 11.8 Å². The molecule has 134 valence electrons. The number of hydrogen-bond acceptors (Lipinski definition) is 4. The fourth-order valence-electron chi connectivity index (χ4n) is 3.45. The van der Waals surface area contributed by atoms with Crippen molar-refractivity contribution in [1.29, 1.82) is 0 Å². The van der Waals surface area contributed by atoms with E-state index >= 15 is 0 Å². The number of fused-ring (bicyclic) bond motifs is 1. The maximum absolute atomic E-state index is 12.3. The van der Waals surface area contributed by atoms with Crippen molar-refractivity contribution in [2.45, 2.75) is 58.4 Å². The van der Waals surface area contributed by atoms with Gasteiger partial charge in [0.2, 0.25) is 23.6 Å². The summed E-state index contributed by atoms with van der Waals surface area (Å²) < 4.78 is 0. The summed E-state index contributed by atoms with van der Waals surface area (Å²) in [5.74, 6) is -1.20. The van der Waals surface area contributed by atoms with Gasteiger partial charge in [-0.05, 0) is 26.2 Å². The molecule has 2 rings (SSSR count). The number of nitrogens with zero attached hydrogens (tertiary/aromatic N) is 1. The van der Waals surface area contributed by atoms with Crippen LogP contribution in [-0.4, -0.2) is 47.7 Å². The van der Waals surface area contributed by atoms with Gasteiger partial charge in [-0.25, -0.2) is 0 Å². The van der Waals surface area contributed by atoms with E-state index in [2.05, 4.69) is 10.6 Å². The van der Waals surface area contributed by atoms with E-state index in [4.69, 9.17) is 0 Å². The van der Waals surface area contributed by atoms with Gasteiger partial charge < -0.3 is 10.6 Å². The lowest BCUT2D eigenvalue weighted by molar-refractivity contribution is -0.140. The highest BCUT2D eigenvalue weighted by molar-refractivity contribution is 6.05. The molecule has 7 nitrogen and oxygen atoms in total. The summed E-state index contributed by atoms with van der Waals surface area (Å²) in [5, 5.41) is 5.31. The smallest absolute Gasteiger partial charge is 0.242 e. The van der Waals surface area contributed by atoms with E-state index in [1.54, 1.807) is 6.92 Å². The van der Waals surface area contributed by atoms with Crippen molar-refractivity contribution in [3.63, 3.8) is 0 Å². The molecule has 0 aromatic carbocycles. The van der Waals surface area contributed by atoms with Gasteiger partial charge in [-0.2, -0.15) is 0 Å². The Kier molecular flexibility index (Phi) is 6.34. The van der Waals surface area contributed by atoms with E-state index in [1.165, 1.54) is 4.90 Å². The maximum Gasteiger partial charge on any atom is 0.242 e. The van der Waals surface area contributed by atoms with Gasteiger partial charge in [0.1, 0.15) is 6.04 Å². The molecular weight excluding hydrogens is 310 g/mol. The zero-order valence-corrected chi connectivity index (χ0v) is 14.5. The van der Waals surface area contributed by atoms with Gasteiger partial charge in [0.25, 0.3) is 0 Å². The summed E-state index contributed by atoms with van der Waals surface area (Å²) in [4.78, 5) is 49.6. The first-order chi connectivity index (χ1) is 11.5. The van der Waals surface area contributed by atoms with Crippen molar-refractivity contribution < 1.29 is 19.2 Å². The van der Waals surface area contributed by atoms with Crippen LogP contribution in [0.25, 0.3) is 0 Å². The van der Waals surface area contributed by atoms with Gasteiger partial charge in [-0.3, -0.25) is 24.1 Å². The molecule has 1 aliphatic carbocycles. The molecule has 7 heteroatoms. The number of nitrogens with one attached hydrogen (secondary N) is 2. The van der Waals surface area contributed by atoms with Crippen molar-refractivity contribution in [2.24, 2.45) is 11.8 Å². The minimum absolute atomic E-state index is 0.0301. The van der Waals surface area contributed by atoms with Gasteiger partial charge in [0.15, 0.2) is 0 Å². The number of rotatable bonds is 7. The third kappa shape index (κ3) is 4.13. The molecule has 1 saturated carbocycles. The third-order valence-electron chi connectivity index (χ3n) is 4.81. The minimum atomic E-state index is -0.628. The van der Waals surface area contributed by atoms with Crippen molar-refractivity contribution in [1.82, 2.24) is 15.5 Å². The van der Waals surface area contributed by atoms with Gasteiger partial charge >= 0.3 is 0 Å². The molecule has 1 heterocycles. The van der Waals surface area contributed by atoms with Crippen molar-refractivity contribution >= 4 is 23.6 Å². The molecule has 0 bridgehead atoms. The van der Waals surface area contributed by atoms with Crippen LogP contribution in [0.2, 0.25) is 0 Å². The second-order valence-corrected chi connectivity index (χ2v) is 6.66. The number of carbonyl (C=O) groups is 4. The average Bonchev–Trinajstić information content (AvgIpc) is 2.82. The maximum atomic E-state index is 12.3. The third-order valence-corrected chi connectivity index (χ3v) is 4.81. The molecule has 0 aromatic heterocycles. The molecule has 1 saturated heterocycles. The number of imide groups is 1. The monoisotopic (exact) mass is 337 g/mol. The zero-order chi connectivity index (χ0) is 17.7. The summed E-state index contributed by atoms with van der Waals surface area (Å²) >= 11 is 0. The van der Waals surface area contributed by atoms with Crippen LogP contribution >= 0.6 is 0 Å². The van der Waals surface area contributed by atoms with Gasteiger partial charge in [-0.15, -0.1) is 0 Å². The Morgan fingerprint density at radius 1 is 1.17 bits per heavy atom. The Balaban J connectivity index is 1.80. The first-order valence-electron chi connectivity index (χ1n) is 8.88. The molecule has 0 unspecified atom stereocenters. The molecule has 2 N–H and O–H groups in total. The highest BCUT2D eigenvalue weighted by atomic mass is 16.2. The van der Waals surface area contributed by atoms with Crippen molar-refractivity contribution in [2.75, 3.05) is 13.1 Å². The van der Waals surface area contributed by atoms with E-state index in [1.807, 2.05) is 6.92 Å². The van der Waals surface area contributed by atoms with E-state index in [9.17, 15) is 19.2 Å². The summed E-state index contributed by atoms with van der Waals surface area (Å²) in [6, 6.07) is -0.628. The molecular formula is C17H27N3O4. The highest BCUT2D eigenvalue weighted by Gasteiger charge is 2.47. The second kappa shape index (κ2) is 8.26. The van der Waals surface area contributed by atoms with E-state index in [0.717, 1.165) is 32.1 Å². The lowest BCUT2D eigenvalue weighted by Gasteiger charge is -2.19. The van der Waals surface area contributed by atoms with Crippen LogP contribution in [-0.2, 0) is 19.2 Å². The largest absolute Gasteiger partial charge is 0.354 e. The van der Waals surface area contributed by atoms with E-state index in [-0.39, 0.29) is 48.4 Å². The van der Waals surface area contributed by atoms with E-state index < -0.39 is 6.04 Å². The Morgan fingerprint density at radius 2 is 1.75 bits per heavy atom. The van der Waals surface area contributed by atoms with Crippen LogP contribution in [0.5, 0.6) is 0 Å². The minimum Gasteiger partial charge on any atom is -0.354 e. The Morgan fingerprint density at radius 3 is 2.29 bits per heavy atom. The van der Waals surface area contributed by atoms with Gasteiger partial charge in [0, 0.05) is 19.5 Å². The Labute approximate surface area is 142 Å². The topological polar surface area (TPSA) is 95.6 Å². The molecule has 0 radical (unpaired) electrons. The fourth-order valence-corrected chi connectivity index (χ4v) is 3.45. The number of likely N-dealkylation sites (tertiary alicyclic amines) is 1. The van der Waals surface area contributed by atoms with Crippen molar-refractivity contribution in [3.8, 4) is 0 Å². The zero-order valence-electron chi connectivity index (χ0n) is 14.5. The first-order valence-corrected chi connectivity index (χ1v) is 8.88. The van der Waals surface area contributed by atoms with Gasteiger partial charge in [-0.1, -0.05) is 19.8 Å². The fraction of sp³-hybridized carbons (Fsp3) is 0.765. The Hall–Kier alpha value is -1.92. The molecule has 3 atom stereocenters. The van der Waals surface area contributed by atoms with Crippen molar-refractivity contribution in [3.05, 3.63) is 0 Å². The molecule has 2 fully saturated rings. The lowest BCUT2D eigenvalue weighted by atomic mass is 9.81.